The number of carbonyl (C=O) groups is 1. The van der Waals surface area contributed by atoms with E-state index < -0.39 is 0 Å². The van der Waals surface area contributed by atoms with Gasteiger partial charge in [-0.2, -0.15) is 0 Å². The van der Waals surface area contributed by atoms with Crippen molar-refractivity contribution in [2.75, 3.05) is 6.54 Å². The first-order chi connectivity index (χ1) is 7.44. The molecule has 1 fully saturated rings. The molecule has 1 aliphatic carbocycles. The lowest BCUT2D eigenvalue weighted by Crippen LogP contribution is -2.47. The van der Waals surface area contributed by atoms with Crippen LogP contribution in [0.15, 0.2) is 0 Å². The van der Waals surface area contributed by atoms with Crippen LogP contribution < -0.4 is 11.1 Å². The zero-order valence-electron chi connectivity index (χ0n) is 10.9. The van der Waals surface area contributed by atoms with Gasteiger partial charge in [-0.05, 0) is 24.2 Å². The number of hydrogen-bond donors (Lipinski definition) is 2. The van der Waals surface area contributed by atoms with Crippen molar-refractivity contribution in [1.29, 1.82) is 0 Å². The highest BCUT2D eigenvalue weighted by Crippen LogP contribution is 2.34. The number of rotatable bonds is 4. The van der Waals surface area contributed by atoms with Crippen LogP contribution in [-0.2, 0) is 4.79 Å². The maximum atomic E-state index is 11.7. The van der Waals surface area contributed by atoms with Gasteiger partial charge >= 0.3 is 0 Å². The Hall–Kier alpha value is -0.570. The average Bonchev–Trinajstić information content (AvgIpc) is 2.26. The first-order valence-corrected chi connectivity index (χ1v) is 6.48. The van der Waals surface area contributed by atoms with Gasteiger partial charge in [0.1, 0.15) is 0 Å². The van der Waals surface area contributed by atoms with E-state index >= 15 is 0 Å². The van der Waals surface area contributed by atoms with Crippen LogP contribution in [0.3, 0.4) is 0 Å². The molecule has 1 atom stereocenters. The van der Waals surface area contributed by atoms with Gasteiger partial charge in [0.15, 0.2) is 0 Å². The Morgan fingerprint density at radius 1 is 1.31 bits per heavy atom. The van der Waals surface area contributed by atoms with E-state index in [1.807, 2.05) is 13.8 Å². The van der Waals surface area contributed by atoms with Gasteiger partial charge in [0.2, 0.25) is 5.91 Å². The van der Waals surface area contributed by atoms with Gasteiger partial charge in [-0.3, -0.25) is 4.79 Å². The number of nitrogens with two attached hydrogens (primary N) is 1. The minimum absolute atomic E-state index is 0.00167. The first kappa shape index (κ1) is 13.5. The van der Waals surface area contributed by atoms with Crippen LogP contribution in [0.1, 0.15) is 52.9 Å². The van der Waals surface area contributed by atoms with Crippen LogP contribution >= 0.6 is 0 Å². The molecule has 0 spiro atoms. The SMILES string of the molecule is CC(C)[C@H](N)C(=O)NCC1(C)CCCCC1. The topological polar surface area (TPSA) is 55.1 Å². The maximum absolute atomic E-state index is 11.7. The molecule has 0 aliphatic heterocycles. The average molecular weight is 226 g/mol. The van der Waals surface area contributed by atoms with Gasteiger partial charge in [0.05, 0.1) is 6.04 Å². The van der Waals surface area contributed by atoms with Crippen LogP contribution in [0.5, 0.6) is 0 Å². The van der Waals surface area contributed by atoms with Gasteiger partial charge in [-0.1, -0.05) is 40.0 Å². The predicted molar refractivity (Wildman–Crippen MR) is 67.0 cm³/mol. The molecule has 0 aromatic carbocycles. The summed E-state index contributed by atoms with van der Waals surface area (Å²) in [6, 6.07) is -0.368. The third kappa shape index (κ3) is 3.78. The highest BCUT2D eigenvalue weighted by Gasteiger charge is 2.28. The molecule has 3 heteroatoms. The van der Waals surface area contributed by atoms with Crippen molar-refractivity contribution in [2.45, 2.75) is 58.9 Å². The molecule has 0 radical (unpaired) electrons. The Labute approximate surface area is 99.2 Å². The molecular formula is C13H26N2O. The molecule has 94 valence electrons. The first-order valence-electron chi connectivity index (χ1n) is 6.48. The summed E-state index contributed by atoms with van der Waals surface area (Å²) in [7, 11) is 0. The van der Waals surface area contributed by atoms with E-state index in [1.54, 1.807) is 0 Å². The number of amides is 1. The van der Waals surface area contributed by atoms with E-state index in [2.05, 4.69) is 12.2 Å². The van der Waals surface area contributed by atoms with Crippen molar-refractivity contribution in [3.05, 3.63) is 0 Å². The number of carbonyl (C=O) groups excluding carboxylic acids is 1. The van der Waals surface area contributed by atoms with Gasteiger partial charge in [-0.15, -0.1) is 0 Å². The molecule has 3 nitrogen and oxygen atoms in total. The fourth-order valence-electron chi connectivity index (χ4n) is 2.30. The fourth-order valence-corrected chi connectivity index (χ4v) is 2.30. The normalized spacial score (nSPS) is 21.8. The number of nitrogens with one attached hydrogen (secondary N) is 1. The molecule has 3 N–H and O–H groups in total. The van der Waals surface area contributed by atoms with E-state index in [9.17, 15) is 4.79 Å². The molecule has 0 heterocycles. The summed E-state index contributed by atoms with van der Waals surface area (Å²) in [5.41, 5.74) is 6.10. The second-order valence-electron chi connectivity index (χ2n) is 5.86. The summed E-state index contributed by atoms with van der Waals surface area (Å²) in [5.74, 6) is 0.209. The van der Waals surface area contributed by atoms with Crippen molar-refractivity contribution in [3.63, 3.8) is 0 Å². The van der Waals surface area contributed by atoms with Crippen LogP contribution in [0.4, 0.5) is 0 Å². The Kier molecular flexibility index (Phi) is 4.78. The van der Waals surface area contributed by atoms with E-state index in [0.29, 0.717) is 5.41 Å². The predicted octanol–water partition coefficient (Wildman–Crippen LogP) is 2.06. The zero-order chi connectivity index (χ0) is 12.2. The van der Waals surface area contributed by atoms with E-state index in [-0.39, 0.29) is 17.9 Å². The molecule has 0 aromatic rings. The monoisotopic (exact) mass is 226 g/mol. The Bertz CT molecular complexity index is 232. The van der Waals surface area contributed by atoms with Crippen molar-refractivity contribution in [3.8, 4) is 0 Å². The minimum Gasteiger partial charge on any atom is -0.354 e. The Balaban J connectivity index is 2.35. The maximum Gasteiger partial charge on any atom is 0.237 e. The zero-order valence-corrected chi connectivity index (χ0v) is 10.9. The van der Waals surface area contributed by atoms with Gasteiger partial charge in [0, 0.05) is 6.54 Å². The minimum atomic E-state index is -0.368. The van der Waals surface area contributed by atoms with Gasteiger partial charge in [0.25, 0.3) is 0 Å². The number of hydrogen-bond acceptors (Lipinski definition) is 2. The Morgan fingerprint density at radius 2 is 1.88 bits per heavy atom. The third-order valence-corrected chi connectivity index (χ3v) is 3.77. The van der Waals surface area contributed by atoms with E-state index in [4.69, 9.17) is 5.73 Å². The van der Waals surface area contributed by atoms with E-state index in [1.165, 1.54) is 32.1 Å². The molecule has 0 saturated heterocycles. The van der Waals surface area contributed by atoms with E-state index in [0.717, 1.165) is 6.54 Å². The van der Waals surface area contributed by atoms with Crippen LogP contribution in [-0.4, -0.2) is 18.5 Å². The van der Waals surface area contributed by atoms with Crippen molar-refractivity contribution in [1.82, 2.24) is 5.32 Å². The van der Waals surface area contributed by atoms with Crippen LogP contribution in [0, 0.1) is 11.3 Å². The summed E-state index contributed by atoms with van der Waals surface area (Å²) >= 11 is 0. The summed E-state index contributed by atoms with van der Waals surface area (Å²) in [5, 5.41) is 3.01. The third-order valence-electron chi connectivity index (χ3n) is 3.77. The summed E-state index contributed by atoms with van der Waals surface area (Å²) in [4.78, 5) is 11.7. The summed E-state index contributed by atoms with van der Waals surface area (Å²) in [6.07, 6.45) is 6.38. The van der Waals surface area contributed by atoms with Crippen LogP contribution in [0.25, 0.3) is 0 Å². The lowest BCUT2D eigenvalue weighted by atomic mass is 9.75. The largest absolute Gasteiger partial charge is 0.354 e. The smallest absolute Gasteiger partial charge is 0.237 e. The molecule has 1 amide bonds. The standard InChI is InChI=1S/C13H26N2O/c1-10(2)11(14)12(16)15-9-13(3)7-5-4-6-8-13/h10-11H,4-9,14H2,1-3H3,(H,15,16)/t11-/m0/s1. The molecule has 1 saturated carbocycles. The quantitative estimate of drug-likeness (QED) is 0.771. The second kappa shape index (κ2) is 5.67. The molecule has 0 unspecified atom stereocenters. The molecule has 1 aliphatic rings. The lowest BCUT2D eigenvalue weighted by molar-refractivity contribution is -0.123. The molecule has 0 aromatic heterocycles. The highest BCUT2D eigenvalue weighted by atomic mass is 16.2. The van der Waals surface area contributed by atoms with Crippen molar-refractivity contribution < 1.29 is 4.79 Å². The van der Waals surface area contributed by atoms with Crippen LogP contribution in [0.2, 0.25) is 0 Å². The second-order valence-corrected chi connectivity index (χ2v) is 5.86. The highest BCUT2D eigenvalue weighted by molar-refractivity contribution is 5.81. The van der Waals surface area contributed by atoms with Gasteiger partial charge in [-0.25, -0.2) is 0 Å². The lowest BCUT2D eigenvalue weighted by Gasteiger charge is -2.34. The fraction of sp³-hybridized carbons (Fsp3) is 0.923. The van der Waals surface area contributed by atoms with Crippen molar-refractivity contribution >= 4 is 5.91 Å². The molecule has 0 bridgehead atoms. The summed E-state index contributed by atoms with van der Waals surface area (Å²) in [6.45, 7) is 7.01. The molecule has 16 heavy (non-hydrogen) atoms. The summed E-state index contributed by atoms with van der Waals surface area (Å²) < 4.78 is 0. The Morgan fingerprint density at radius 3 is 2.38 bits per heavy atom. The molecular weight excluding hydrogens is 200 g/mol. The van der Waals surface area contributed by atoms with Gasteiger partial charge < -0.3 is 11.1 Å². The van der Waals surface area contributed by atoms with Crippen molar-refractivity contribution in [2.24, 2.45) is 17.1 Å². The molecule has 1 rings (SSSR count).